The standard InChI is InChI=1S/C17H24N4/c1-3-14-12-21(9-8-20(14)2)17-13(10-18)11-19-16-7-5-4-6-15(16)17/h4-7,11,14H,3,8-10,12,18H2,1-2H3. The minimum absolute atomic E-state index is 0.538. The predicted octanol–water partition coefficient (Wildman–Crippen LogP) is 2.22. The summed E-state index contributed by atoms with van der Waals surface area (Å²) in [5, 5.41) is 1.22. The largest absolute Gasteiger partial charge is 0.368 e. The molecule has 21 heavy (non-hydrogen) atoms. The summed E-state index contributed by atoms with van der Waals surface area (Å²) in [5.41, 5.74) is 9.45. The maximum atomic E-state index is 5.97. The van der Waals surface area contributed by atoms with E-state index in [0.717, 1.165) is 30.7 Å². The molecular formula is C17H24N4. The topological polar surface area (TPSA) is 45.4 Å². The predicted molar refractivity (Wildman–Crippen MR) is 88.6 cm³/mol. The van der Waals surface area contributed by atoms with Crippen LogP contribution in [0.25, 0.3) is 10.9 Å². The van der Waals surface area contributed by atoms with Crippen LogP contribution in [0.1, 0.15) is 18.9 Å². The minimum Gasteiger partial charge on any atom is -0.368 e. The van der Waals surface area contributed by atoms with E-state index in [1.807, 2.05) is 12.3 Å². The van der Waals surface area contributed by atoms with Crippen molar-refractivity contribution < 1.29 is 0 Å². The molecule has 4 nitrogen and oxygen atoms in total. The second-order valence-electron chi connectivity index (χ2n) is 5.84. The second-order valence-corrected chi connectivity index (χ2v) is 5.84. The highest BCUT2D eigenvalue weighted by molar-refractivity contribution is 5.93. The minimum atomic E-state index is 0.538. The molecule has 0 aliphatic carbocycles. The van der Waals surface area contributed by atoms with Crippen LogP contribution in [-0.2, 0) is 6.54 Å². The van der Waals surface area contributed by atoms with Crippen molar-refractivity contribution >= 4 is 16.6 Å². The first-order valence-electron chi connectivity index (χ1n) is 7.76. The quantitative estimate of drug-likeness (QED) is 0.939. The zero-order valence-corrected chi connectivity index (χ0v) is 12.9. The lowest BCUT2D eigenvalue weighted by Gasteiger charge is -2.41. The number of piperazine rings is 1. The number of nitrogens with zero attached hydrogens (tertiary/aromatic N) is 3. The van der Waals surface area contributed by atoms with E-state index in [1.54, 1.807) is 0 Å². The van der Waals surface area contributed by atoms with Crippen molar-refractivity contribution in [2.75, 3.05) is 31.6 Å². The molecule has 1 fully saturated rings. The van der Waals surface area contributed by atoms with Crippen molar-refractivity contribution in [3.63, 3.8) is 0 Å². The number of pyridine rings is 1. The van der Waals surface area contributed by atoms with E-state index >= 15 is 0 Å². The average molecular weight is 284 g/mol. The lowest BCUT2D eigenvalue weighted by Crippen LogP contribution is -2.51. The van der Waals surface area contributed by atoms with E-state index in [9.17, 15) is 0 Å². The van der Waals surface area contributed by atoms with E-state index in [1.165, 1.54) is 17.5 Å². The molecule has 1 atom stereocenters. The van der Waals surface area contributed by atoms with E-state index in [0.29, 0.717) is 12.6 Å². The number of fused-ring (bicyclic) bond motifs is 1. The highest BCUT2D eigenvalue weighted by Crippen LogP contribution is 2.31. The van der Waals surface area contributed by atoms with Crippen LogP contribution in [0.15, 0.2) is 30.5 Å². The van der Waals surface area contributed by atoms with Crippen LogP contribution < -0.4 is 10.6 Å². The molecule has 1 aromatic heterocycles. The van der Waals surface area contributed by atoms with Crippen LogP contribution in [0.3, 0.4) is 0 Å². The number of benzene rings is 1. The third-order valence-corrected chi connectivity index (χ3v) is 4.61. The molecule has 1 aliphatic heterocycles. The molecule has 0 amide bonds. The molecule has 1 saturated heterocycles. The van der Waals surface area contributed by atoms with Crippen LogP contribution in [0, 0.1) is 0 Å². The van der Waals surface area contributed by atoms with Crippen molar-refractivity contribution in [3.05, 3.63) is 36.0 Å². The van der Waals surface area contributed by atoms with Crippen LogP contribution in [0.4, 0.5) is 5.69 Å². The molecule has 2 heterocycles. The van der Waals surface area contributed by atoms with Gasteiger partial charge in [0, 0.05) is 49.4 Å². The molecule has 0 spiro atoms. The number of para-hydroxylation sites is 1. The summed E-state index contributed by atoms with van der Waals surface area (Å²) in [4.78, 5) is 9.51. The van der Waals surface area contributed by atoms with Gasteiger partial charge < -0.3 is 10.6 Å². The monoisotopic (exact) mass is 284 g/mol. The Kier molecular flexibility index (Phi) is 4.08. The van der Waals surface area contributed by atoms with Crippen molar-refractivity contribution in [2.24, 2.45) is 5.73 Å². The number of nitrogens with two attached hydrogens (primary N) is 1. The SMILES string of the molecule is CCC1CN(c2c(CN)cnc3ccccc23)CCN1C. The van der Waals surface area contributed by atoms with E-state index in [2.05, 4.69) is 47.0 Å². The molecule has 0 radical (unpaired) electrons. The van der Waals surface area contributed by atoms with Gasteiger partial charge >= 0.3 is 0 Å². The molecule has 2 aromatic rings. The molecule has 0 bridgehead atoms. The van der Waals surface area contributed by atoms with E-state index in [4.69, 9.17) is 5.73 Å². The van der Waals surface area contributed by atoms with E-state index in [-0.39, 0.29) is 0 Å². The van der Waals surface area contributed by atoms with Crippen molar-refractivity contribution in [3.8, 4) is 0 Å². The van der Waals surface area contributed by atoms with Gasteiger partial charge in [-0.05, 0) is 19.5 Å². The fourth-order valence-corrected chi connectivity index (χ4v) is 3.28. The average Bonchev–Trinajstić information content (AvgIpc) is 2.54. The second kappa shape index (κ2) is 6.00. The number of hydrogen-bond donors (Lipinski definition) is 1. The van der Waals surface area contributed by atoms with Crippen LogP contribution in [-0.4, -0.2) is 42.6 Å². The Morgan fingerprint density at radius 3 is 2.86 bits per heavy atom. The fraction of sp³-hybridized carbons (Fsp3) is 0.471. The molecule has 112 valence electrons. The number of hydrogen-bond acceptors (Lipinski definition) is 4. The van der Waals surface area contributed by atoms with Crippen LogP contribution >= 0.6 is 0 Å². The summed E-state index contributed by atoms with van der Waals surface area (Å²) in [6.07, 6.45) is 3.12. The van der Waals surface area contributed by atoms with Gasteiger partial charge in [0.15, 0.2) is 0 Å². The summed E-state index contributed by atoms with van der Waals surface area (Å²) in [5.74, 6) is 0. The summed E-state index contributed by atoms with van der Waals surface area (Å²) in [6.45, 7) is 6.01. The molecular weight excluding hydrogens is 260 g/mol. The maximum Gasteiger partial charge on any atom is 0.0723 e. The van der Waals surface area contributed by atoms with Gasteiger partial charge in [-0.15, -0.1) is 0 Å². The van der Waals surface area contributed by atoms with Gasteiger partial charge in [0.1, 0.15) is 0 Å². The number of aromatic nitrogens is 1. The van der Waals surface area contributed by atoms with Crippen molar-refractivity contribution in [1.82, 2.24) is 9.88 Å². The normalized spacial score (nSPS) is 20.1. The smallest absolute Gasteiger partial charge is 0.0723 e. The van der Waals surface area contributed by atoms with Crippen LogP contribution in [0.2, 0.25) is 0 Å². The van der Waals surface area contributed by atoms with Crippen molar-refractivity contribution in [2.45, 2.75) is 25.9 Å². The van der Waals surface area contributed by atoms with Gasteiger partial charge in [0.2, 0.25) is 0 Å². The highest BCUT2D eigenvalue weighted by Gasteiger charge is 2.25. The molecule has 0 saturated carbocycles. The summed E-state index contributed by atoms with van der Waals surface area (Å²) < 4.78 is 0. The van der Waals surface area contributed by atoms with Crippen LogP contribution in [0.5, 0.6) is 0 Å². The Balaban J connectivity index is 2.06. The first-order chi connectivity index (χ1) is 10.2. The molecule has 1 unspecified atom stereocenters. The first kappa shape index (κ1) is 14.3. The van der Waals surface area contributed by atoms with Crippen molar-refractivity contribution in [1.29, 1.82) is 0 Å². The Morgan fingerprint density at radius 2 is 2.10 bits per heavy atom. The highest BCUT2D eigenvalue weighted by atomic mass is 15.3. The third-order valence-electron chi connectivity index (χ3n) is 4.61. The third kappa shape index (κ3) is 2.61. The van der Waals surface area contributed by atoms with Gasteiger partial charge in [0.05, 0.1) is 11.2 Å². The Morgan fingerprint density at radius 1 is 1.29 bits per heavy atom. The summed E-state index contributed by atoms with van der Waals surface area (Å²) >= 11 is 0. The lowest BCUT2D eigenvalue weighted by molar-refractivity contribution is 0.213. The number of anilines is 1. The Hall–Kier alpha value is -1.65. The lowest BCUT2D eigenvalue weighted by atomic mass is 10.0. The molecule has 3 rings (SSSR count). The van der Waals surface area contributed by atoms with Gasteiger partial charge in [-0.3, -0.25) is 9.88 Å². The molecule has 1 aliphatic rings. The van der Waals surface area contributed by atoms with Gasteiger partial charge in [-0.25, -0.2) is 0 Å². The fourth-order valence-electron chi connectivity index (χ4n) is 3.28. The van der Waals surface area contributed by atoms with Gasteiger partial charge in [-0.2, -0.15) is 0 Å². The molecule has 4 heteroatoms. The zero-order valence-electron chi connectivity index (χ0n) is 12.9. The Labute approximate surface area is 126 Å². The zero-order chi connectivity index (χ0) is 14.8. The molecule has 1 aromatic carbocycles. The van der Waals surface area contributed by atoms with Gasteiger partial charge in [0.25, 0.3) is 0 Å². The number of likely N-dealkylation sites (N-methyl/N-ethyl adjacent to an activating group) is 1. The summed E-state index contributed by atoms with van der Waals surface area (Å²) in [7, 11) is 2.22. The van der Waals surface area contributed by atoms with E-state index < -0.39 is 0 Å². The Bertz CT molecular complexity index is 625. The summed E-state index contributed by atoms with van der Waals surface area (Å²) in [6, 6.07) is 8.97. The van der Waals surface area contributed by atoms with Gasteiger partial charge in [-0.1, -0.05) is 25.1 Å². The first-order valence-corrected chi connectivity index (χ1v) is 7.76. The molecule has 2 N–H and O–H groups in total. The number of rotatable bonds is 3. The maximum absolute atomic E-state index is 5.97.